The van der Waals surface area contributed by atoms with Crippen LogP contribution in [0.2, 0.25) is 0 Å². The molecule has 2 aliphatic rings. The third kappa shape index (κ3) is 6.81. The summed E-state index contributed by atoms with van der Waals surface area (Å²) in [6, 6.07) is 0. The van der Waals surface area contributed by atoms with Gasteiger partial charge >= 0.3 is 0 Å². The quantitative estimate of drug-likeness (QED) is 0.282. The zero-order valence-corrected chi connectivity index (χ0v) is 18.6. The van der Waals surface area contributed by atoms with Crippen LogP contribution in [0, 0.1) is 23.2 Å². The lowest BCUT2D eigenvalue weighted by molar-refractivity contribution is 0.150. The molecule has 2 rings (SSSR count). The fourth-order valence-corrected chi connectivity index (χ4v) is 5.05. The maximum Gasteiger partial charge on any atom is -0.0269 e. The van der Waals surface area contributed by atoms with E-state index in [0.717, 1.165) is 17.8 Å². The molecule has 0 heteroatoms. The highest BCUT2D eigenvalue weighted by Crippen LogP contribution is 2.52. The van der Waals surface area contributed by atoms with Gasteiger partial charge in [-0.2, -0.15) is 0 Å². The van der Waals surface area contributed by atoms with Crippen molar-refractivity contribution in [1.29, 1.82) is 0 Å². The summed E-state index contributed by atoms with van der Waals surface area (Å²) < 4.78 is 0. The molecule has 0 aromatic rings. The second kappa shape index (κ2) is 11.1. The van der Waals surface area contributed by atoms with Crippen LogP contribution in [0.25, 0.3) is 0 Å². The van der Waals surface area contributed by atoms with Gasteiger partial charge in [0.25, 0.3) is 0 Å². The van der Waals surface area contributed by atoms with Crippen LogP contribution in [0.5, 0.6) is 0 Å². The molecule has 0 aromatic carbocycles. The van der Waals surface area contributed by atoms with Crippen molar-refractivity contribution in [2.75, 3.05) is 0 Å². The highest BCUT2D eigenvalue weighted by atomic mass is 14.5. The summed E-state index contributed by atoms with van der Waals surface area (Å²) >= 11 is 0. The van der Waals surface area contributed by atoms with E-state index in [-0.39, 0.29) is 0 Å². The van der Waals surface area contributed by atoms with E-state index >= 15 is 0 Å². The maximum atomic E-state index is 4.22. The summed E-state index contributed by atoms with van der Waals surface area (Å²) in [5, 5.41) is 0. The van der Waals surface area contributed by atoms with Crippen molar-refractivity contribution in [3.05, 3.63) is 48.1 Å². The fraction of sp³-hybridized carbons (Fsp3) is 0.704. The largest absolute Gasteiger partial charge is 0.0956 e. The lowest BCUT2D eigenvalue weighted by Gasteiger charge is -2.35. The smallest absolute Gasteiger partial charge is 0.0269 e. The van der Waals surface area contributed by atoms with Gasteiger partial charge in [0, 0.05) is 0 Å². The van der Waals surface area contributed by atoms with E-state index in [9.17, 15) is 0 Å². The molecule has 0 spiro atoms. The third-order valence-corrected chi connectivity index (χ3v) is 7.35. The molecule has 2 fully saturated rings. The second-order valence-electron chi connectivity index (χ2n) is 9.84. The summed E-state index contributed by atoms with van der Waals surface area (Å²) in [7, 11) is 0. The standard InChI is InChI=1S/C27H44/c1-22(2)14-9-12-18-26-20-19-24(4)27(26,5)21-13-7-6-8-16-25-17-11-10-15-23(25)3/h6,8-9,12,16,22,24,26H,3,7,10-11,13-15,17-21H2,1-2,4-5H3/b8-6-,12-9-,25-16-. The molecule has 0 N–H and O–H groups in total. The van der Waals surface area contributed by atoms with Gasteiger partial charge in [0.15, 0.2) is 0 Å². The molecule has 0 radical (unpaired) electrons. The van der Waals surface area contributed by atoms with Crippen molar-refractivity contribution in [1.82, 2.24) is 0 Å². The number of allylic oxidation sites excluding steroid dienone is 7. The molecule has 0 aliphatic heterocycles. The van der Waals surface area contributed by atoms with Gasteiger partial charge in [-0.25, -0.2) is 0 Å². The van der Waals surface area contributed by atoms with Crippen LogP contribution in [0.4, 0.5) is 0 Å². The van der Waals surface area contributed by atoms with Crippen molar-refractivity contribution in [2.45, 2.75) is 98.3 Å². The normalized spacial score (nSPS) is 31.1. The van der Waals surface area contributed by atoms with Crippen molar-refractivity contribution >= 4 is 0 Å². The SMILES string of the molecule is C=C1CCCC/C1=C/C=C\CCCC1(C)C(C)CCC1C/C=C\CC(C)C. The monoisotopic (exact) mass is 368 g/mol. The van der Waals surface area contributed by atoms with E-state index in [4.69, 9.17) is 0 Å². The molecule has 3 atom stereocenters. The Morgan fingerprint density at radius 3 is 2.63 bits per heavy atom. The molecule has 0 aromatic heterocycles. The Balaban J connectivity index is 1.77. The molecule has 0 saturated heterocycles. The predicted molar refractivity (Wildman–Crippen MR) is 122 cm³/mol. The van der Waals surface area contributed by atoms with Crippen LogP contribution in [0.1, 0.15) is 98.3 Å². The fourth-order valence-electron chi connectivity index (χ4n) is 5.05. The van der Waals surface area contributed by atoms with Crippen LogP contribution in [-0.4, -0.2) is 0 Å². The second-order valence-corrected chi connectivity index (χ2v) is 9.84. The van der Waals surface area contributed by atoms with Gasteiger partial charge in [0.05, 0.1) is 0 Å². The lowest BCUT2D eigenvalue weighted by atomic mass is 9.70. The molecule has 2 aliphatic carbocycles. The van der Waals surface area contributed by atoms with E-state index in [1.165, 1.54) is 81.8 Å². The van der Waals surface area contributed by atoms with E-state index in [2.05, 4.69) is 64.7 Å². The highest BCUT2D eigenvalue weighted by Gasteiger charge is 2.42. The van der Waals surface area contributed by atoms with Crippen LogP contribution in [0.15, 0.2) is 48.1 Å². The molecule has 0 nitrogen and oxygen atoms in total. The van der Waals surface area contributed by atoms with Gasteiger partial charge < -0.3 is 0 Å². The minimum absolute atomic E-state index is 0.534. The number of unbranched alkanes of at least 4 members (excludes halogenated alkanes) is 1. The minimum atomic E-state index is 0.534. The molecular weight excluding hydrogens is 324 g/mol. The number of hydrogen-bond donors (Lipinski definition) is 0. The van der Waals surface area contributed by atoms with Crippen LogP contribution < -0.4 is 0 Å². The van der Waals surface area contributed by atoms with Gasteiger partial charge in [-0.15, -0.1) is 0 Å². The summed E-state index contributed by atoms with van der Waals surface area (Å²) in [6.07, 6.45) is 26.3. The Labute approximate surface area is 169 Å². The molecule has 27 heavy (non-hydrogen) atoms. The summed E-state index contributed by atoms with van der Waals surface area (Å²) in [5.41, 5.74) is 3.39. The maximum absolute atomic E-state index is 4.22. The summed E-state index contributed by atoms with van der Waals surface area (Å²) in [4.78, 5) is 0. The molecule has 152 valence electrons. The number of rotatable bonds is 9. The van der Waals surface area contributed by atoms with Gasteiger partial charge in [0.2, 0.25) is 0 Å². The Morgan fingerprint density at radius 1 is 1.11 bits per heavy atom. The predicted octanol–water partition coefficient (Wildman–Crippen LogP) is 8.81. The first-order valence-corrected chi connectivity index (χ1v) is 11.6. The highest BCUT2D eigenvalue weighted by molar-refractivity contribution is 5.33. The zero-order chi connectivity index (χ0) is 19.7. The van der Waals surface area contributed by atoms with Crippen LogP contribution in [-0.2, 0) is 0 Å². The Bertz CT molecular complexity index is 544. The minimum Gasteiger partial charge on any atom is -0.0956 e. The van der Waals surface area contributed by atoms with Gasteiger partial charge in [-0.3, -0.25) is 0 Å². The average molecular weight is 369 g/mol. The summed E-state index contributed by atoms with van der Waals surface area (Å²) in [6.45, 7) is 13.9. The Morgan fingerprint density at radius 2 is 1.89 bits per heavy atom. The first-order chi connectivity index (χ1) is 12.9. The molecule has 3 unspecified atom stereocenters. The number of hydrogen-bond acceptors (Lipinski definition) is 0. The van der Waals surface area contributed by atoms with E-state index in [1.54, 1.807) is 0 Å². The van der Waals surface area contributed by atoms with Crippen molar-refractivity contribution < 1.29 is 0 Å². The zero-order valence-electron chi connectivity index (χ0n) is 18.6. The van der Waals surface area contributed by atoms with E-state index in [0.29, 0.717) is 5.41 Å². The van der Waals surface area contributed by atoms with Crippen LogP contribution >= 0.6 is 0 Å². The van der Waals surface area contributed by atoms with Crippen molar-refractivity contribution in [3.8, 4) is 0 Å². The van der Waals surface area contributed by atoms with Gasteiger partial charge in [-0.1, -0.05) is 70.2 Å². The van der Waals surface area contributed by atoms with E-state index in [1.807, 2.05) is 0 Å². The molecule has 0 amide bonds. The molecule has 0 heterocycles. The van der Waals surface area contributed by atoms with Crippen molar-refractivity contribution in [2.24, 2.45) is 23.2 Å². The first kappa shape index (κ1) is 22.3. The van der Waals surface area contributed by atoms with Gasteiger partial charge in [0.1, 0.15) is 0 Å². The van der Waals surface area contributed by atoms with Crippen molar-refractivity contribution in [3.63, 3.8) is 0 Å². The molecule has 2 saturated carbocycles. The van der Waals surface area contributed by atoms with Crippen LogP contribution in [0.3, 0.4) is 0 Å². The Hall–Kier alpha value is -1.04. The third-order valence-electron chi connectivity index (χ3n) is 7.35. The Kier molecular flexibility index (Phi) is 9.13. The average Bonchev–Trinajstić information content (AvgIpc) is 2.91. The molecular formula is C27H44. The summed E-state index contributed by atoms with van der Waals surface area (Å²) in [5.74, 6) is 2.54. The molecule has 0 bridgehead atoms. The first-order valence-electron chi connectivity index (χ1n) is 11.6. The topological polar surface area (TPSA) is 0 Å². The van der Waals surface area contributed by atoms with Gasteiger partial charge in [-0.05, 0) is 99.4 Å². The van der Waals surface area contributed by atoms with E-state index < -0.39 is 0 Å². The lowest BCUT2D eigenvalue weighted by Crippen LogP contribution is -2.27.